The molecule has 1 atom stereocenters. The molecule has 24 heavy (non-hydrogen) atoms. The van der Waals surface area contributed by atoms with Crippen molar-refractivity contribution in [2.45, 2.75) is 6.04 Å². The lowest BCUT2D eigenvalue weighted by molar-refractivity contribution is -0.385. The zero-order valence-electron chi connectivity index (χ0n) is 12.5. The van der Waals surface area contributed by atoms with Crippen molar-refractivity contribution in [3.63, 3.8) is 0 Å². The van der Waals surface area contributed by atoms with Crippen molar-refractivity contribution in [1.82, 2.24) is 15.3 Å². The van der Waals surface area contributed by atoms with Crippen LogP contribution in [0.1, 0.15) is 22.4 Å². The Hall–Kier alpha value is -3.05. The van der Waals surface area contributed by atoms with E-state index in [1.807, 2.05) is 0 Å². The van der Waals surface area contributed by atoms with Crippen LogP contribution < -0.4 is 16.4 Å². The highest BCUT2D eigenvalue weighted by Crippen LogP contribution is 2.11. The van der Waals surface area contributed by atoms with Gasteiger partial charge in [-0.1, -0.05) is 0 Å². The molecule has 0 bridgehead atoms. The number of nitrogens with two attached hydrogens (primary N) is 1. The second-order valence-corrected chi connectivity index (χ2v) is 4.70. The van der Waals surface area contributed by atoms with Gasteiger partial charge in [-0.15, -0.1) is 0 Å². The first-order valence-electron chi connectivity index (χ1n) is 6.95. The summed E-state index contributed by atoms with van der Waals surface area (Å²) < 4.78 is 5.01. The number of pyridine rings is 1. The van der Waals surface area contributed by atoms with Crippen molar-refractivity contribution in [1.29, 1.82) is 0 Å². The summed E-state index contributed by atoms with van der Waals surface area (Å²) in [6, 6.07) is 2.02. The Morgan fingerprint density at radius 1 is 1.46 bits per heavy atom. The smallest absolute Gasteiger partial charge is 0.287 e. The lowest BCUT2D eigenvalue weighted by Gasteiger charge is -2.06. The fourth-order valence-electron chi connectivity index (χ4n) is 1.70. The van der Waals surface area contributed by atoms with Crippen molar-refractivity contribution in [2.24, 2.45) is 5.73 Å². The predicted molar refractivity (Wildman–Crippen MR) is 82.2 cm³/mol. The van der Waals surface area contributed by atoms with Gasteiger partial charge in [0.15, 0.2) is 5.69 Å². The highest BCUT2D eigenvalue weighted by atomic mass is 16.6. The number of hydrogen-bond acceptors (Lipinski definition) is 9. The normalized spacial score (nSPS) is 11.8. The first-order chi connectivity index (χ1) is 11.5. The molecule has 0 saturated carbocycles. The number of carbonyl (C=O) groups is 1. The fourth-order valence-corrected chi connectivity index (χ4v) is 1.70. The summed E-state index contributed by atoms with van der Waals surface area (Å²) in [5.74, 6) is 0.0805. The van der Waals surface area contributed by atoms with Crippen molar-refractivity contribution < 1.29 is 19.2 Å². The zero-order valence-corrected chi connectivity index (χ0v) is 12.5. The fraction of sp³-hybridized carbons (Fsp3) is 0.308. The summed E-state index contributed by atoms with van der Waals surface area (Å²) in [7, 11) is 0. The van der Waals surface area contributed by atoms with Gasteiger partial charge in [-0.2, -0.15) is 0 Å². The van der Waals surface area contributed by atoms with E-state index in [1.54, 1.807) is 0 Å². The summed E-state index contributed by atoms with van der Waals surface area (Å²) in [5.41, 5.74) is 5.48. The molecule has 5 N–H and O–H groups in total. The highest BCUT2D eigenvalue weighted by Gasteiger charge is 2.16. The first-order valence-corrected chi connectivity index (χ1v) is 6.95. The maximum Gasteiger partial charge on any atom is 0.287 e. The number of amides is 1. The van der Waals surface area contributed by atoms with Crippen molar-refractivity contribution in [2.75, 3.05) is 25.0 Å². The number of hydrogen-bond donors (Lipinski definition) is 4. The number of carbonyl (C=O) groups excluding carboxylic acids is 1. The molecule has 2 aromatic heterocycles. The molecular formula is C13H16N6O5. The van der Waals surface area contributed by atoms with Crippen molar-refractivity contribution in [3.05, 3.63) is 46.3 Å². The Morgan fingerprint density at radius 3 is 2.88 bits per heavy atom. The molecule has 0 aliphatic carbocycles. The third-order valence-electron chi connectivity index (χ3n) is 2.94. The number of nitro groups is 1. The standard InChI is InChI=1S/C13H16N6O5/c14-9(6-20)13-18-10(7-24-13)12(21)16-4-3-15-11-2-1-8(5-17-11)19(22)23/h1-2,5,7,9,20H,3-4,6,14H2,(H,15,17)(H,16,21). The number of oxazole rings is 1. The van der Waals surface area contributed by atoms with E-state index in [-0.39, 0.29) is 30.4 Å². The van der Waals surface area contributed by atoms with Gasteiger partial charge in [-0.05, 0) is 6.07 Å². The molecule has 1 amide bonds. The number of aliphatic hydroxyl groups is 1. The van der Waals surface area contributed by atoms with Crippen LogP contribution in [0.4, 0.5) is 11.5 Å². The van der Waals surface area contributed by atoms with Gasteiger partial charge in [-0.3, -0.25) is 14.9 Å². The van der Waals surface area contributed by atoms with Crippen LogP contribution in [-0.4, -0.2) is 45.6 Å². The molecule has 0 radical (unpaired) electrons. The molecule has 0 aliphatic rings. The van der Waals surface area contributed by atoms with E-state index in [4.69, 9.17) is 15.3 Å². The summed E-state index contributed by atoms with van der Waals surface area (Å²) in [6.45, 7) is 0.289. The average Bonchev–Trinajstić information content (AvgIpc) is 3.08. The van der Waals surface area contributed by atoms with E-state index in [1.165, 1.54) is 12.1 Å². The molecule has 0 spiro atoms. The molecule has 11 heteroatoms. The quantitative estimate of drug-likeness (QED) is 0.290. The van der Waals surface area contributed by atoms with Gasteiger partial charge in [0, 0.05) is 19.2 Å². The molecule has 2 heterocycles. The molecule has 0 aliphatic heterocycles. The number of rotatable bonds is 8. The molecule has 11 nitrogen and oxygen atoms in total. The molecular weight excluding hydrogens is 320 g/mol. The van der Waals surface area contributed by atoms with Crippen LogP contribution in [0.25, 0.3) is 0 Å². The van der Waals surface area contributed by atoms with E-state index in [0.29, 0.717) is 12.4 Å². The van der Waals surface area contributed by atoms with Gasteiger partial charge in [0.2, 0.25) is 5.89 Å². The van der Waals surface area contributed by atoms with Crippen LogP contribution >= 0.6 is 0 Å². The number of aliphatic hydroxyl groups excluding tert-OH is 1. The number of anilines is 1. The largest absolute Gasteiger partial charge is 0.446 e. The Bertz CT molecular complexity index is 701. The number of nitrogens with one attached hydrogen (secondary N) is 2. The minimum Gasteiger partial charge on any atom is -0.446 e. The average molecular weight is 336 g/mol. The number of aromatic nitrogens is 2. The maximum atomic E-state index is 11.8. The van der Waals surface area contributed by atoms with E-state index in [9.17, 15) is 14.9 Å². The van der Waals surface area contributed by atoms with Crippen LogP contribution in [0.15, 0.2) is 29.0 Å². The highest BCUT2D eigenvalue weighted by molar-refractivity contribution is 5.91. The minimum absolute atomic E-state index is 0.0577. The molecule has 1 unspecified atom stereocenters. The zero-order chi connectivity index (χ0) is 17.5. The van der Waals surface area contributed by atoms with E-state index >= 15 is 0 Å². The van der Waals surface area contributed by atoms with Gasteiger partial charge in [0.1, 0.15) is 24.3 Å². The third-order valence-corrected chi connectivity index (χ3v) is 2.94. The second kappa shape index (κ2) is 7.99. The molecule has 128 valence electrons. The van der Waals surface area contributed by atoms with Gasteiger partial charge in [-0.25, -0.2) is 9.97 Å². The minimum atomic E-state index is -0.776. The van der Waals surface area contributed by atoms with Gasteiger partial charge in [0.05, 0.1) is 11.5 Å². The van der Waals surface area contributed by atoms with Crippen LogP contribution in [-0.2, 0) is 0 Å². The summed E-state index contributed by atoms with van der Waals surface area (Å²) in [4.78, 5) is 29.6. The Kier molecular flexibility index (Phi) is 5.76. The molecule has 0 fully saturated rings. The molecule has 0 saturated heterocycles. The summed E-state index contributed by atoms with van der Waals surface area (Å²) in [5, 5.41) is 24.9. The van der Waals surface area contributed by atoms with Crippen molar-refractivity contribution in [3.8, 4) is 0 Å². The molecule has 2 rings (SSSR count). The topological polar surface area (TPSA) is 169 Å². The van der Waals surface area contributed by atoms with Crippen LogP contribution in [0.5, 0.6) is 0 Å². The van der Waals surface area contributed by atoms with Crippen molar-refractivity contribution >= 4 is 17.4 Å². The third kappa shape index (κ3) is 4.47. The van der Waals surface area contributed by atoms with Crippen LogP contribution in [0.3, 0.4) is 0 Å². The van der Waals surface area contributed by atoms with Gasteiger partial charge < -0.3 is 25.9 Å². The monoisotopic (exact) mass is 336 g/mol. The van der Waals surface area contributed by atoms with Gasteiger partial charge in [0.25, 0.3) is 11.6 Å². The Balaban J connectivity index is 1.76. The van der Waals surface area contributed by atoms with E-state index in [2.05, 4.69) is 20.6 Å². The molecule has 0 aromatic carbocycles. The Morgan fingerprint density at radius 2 is 2.25 bits per heavy atom. The van der Waals surface area contributed by atoms with Crippen LogP contribution in [0, 0.1) is 10.1 Å². The summed E-state index contributed by atoms with van der Waals surface area (Å²) >= 11 is 0. The van der Waals surface area contributed by atoms with Gasteiger partial charge >= 0.3 is 0 Å². The van der Waals surface area contributed by atoms with Crippen LogP contribution in [0.2, 0.25) is 0 Å². The second-order valence-electron chi connectivity index (χ2n) is 4.70. The molecule has 2 aromatic rings. The maximum absolute atomic E-state index is 11.8. The lowest BCUT2D eigenvalue weighted by atomic mass is 10.3. The Labute approximate surface area is 136 Å². The van der Waals surface area contributed by atoms with E-state index < -0.39 is 16.9 Å². The number of nitrogens with zero attached hydrogens (tertiary/aromatic N) is 3. The van der Waals surface area contributed by atoms with E-state index in [0.717, 1.165) is 12.5 Å². The SMILES string of the molecule is NC(CO)c1nc(C(=O)NCCNc2ccc([N+](=O)[O-])cn2)co1. The predicted octanol–water partition coefficient (Wildman–Crippen LogP) is -0.188. The first kappa shape index (κ1) is 17.3. The summed E-state index contributed by atoms with van der Waals surface area (Å²) in [6.07, 6.45) is 2.30. The lowest BCUT2D eigenvalue weighted by Crippen LogP contribution is -2.29.